The van der Waals surface area contributed by atoms with Crippen LogP contribution in [-0.2, 0) is 0 Å². The van der Waals surface area contributed by atoms with Crippen molar-refractivity contribution in [2.45, 2.75) is 0 Å². The van der Waals surface area contributed by atoms with Gasteiger partial charge in [-0.25, -0.2) is 14.3 Å². The summed E-state index contributed by atoms with van der Waals surface area (Å²) in [7, 11) is 0. The summed E-state index contributed by atoms with van der Waals surface area (Å²) in [5, 5.41) is 1.73. The molecule has 1 aromatic heterocycles. The fourth-order valence-corrected chi connectivity index (χ4v) is 2.21. The Hall–Kier alpha value is -2.47. The molecule has 1 aliphatic heterocycles. The molecule has 2 heterocycles. The van der Waals surface area contributed by atoms with E-state index in [-0.39, 0.29) is 17.1 Å². The van der Waals surface area contributed by atoms with Gasteiger partial charge in [0.25, 0.3) is 5.91 Å². The van der Waals surface area contributed by atoms with E-state index < -0.39 is 17.1 Å². The second kappa shape index (κ2) is 4.57. The van der Waals surface area contributed by atoms with Gasteiger partial charge in [0.1, 0.15) is 5.82 Å². The van der Waals surface area contributed by atoms with Crippen molar-refractivity contribution in [2.24, 2.45) is 0 Å². The number of hydrogen-bond donors (Lipinski definition) is 1. The first-order chi connectivity index (χ1) is 9.58. The summed E-state index contributed by atoms with van der Waals surface area (Å²) in [6.45, 7) is 0. The molecule has 0 saturated heterocycles. The highest BCUT2D eigenvalue weighted by atomic mass is 35.5. The number of carbonyl (C=O) groups is 2. The van der Waals surface area contributed by atoms with Crippen LogP contribution in [0.2, 0.25) is 0 Å². The summed E-state index contributed by atoms with van der Waals surface area (Å²) in [5.74, 6) is -0.930. The first-order valence-corrected chi connectivity index (χ1v) is 6.01. The number of aromatic nitrogens is 1. The highest BCUT2D eigenvalue weighted by Gasteiger charge is 2.29. The second-order valence-corrected chi connectivity index (χ2v) is 4.40. The van der Waals surface area contributed by atoms with Crippen molar-refractivity contribution < 1.29 is 14.0 Å². The van der Waals surface area contributed by atoms with Crippen LogP contribution < -0.4 is 10.2 Å². The van der Waals surface area contributed by atoms with Crippen LogP contribution in [0.1, 0.15) is 10.4 Å². The second-order valence-electron chi connectivity index (χ2n) is 4.08. The Labute approximate surface area is 118 Å². The van der Waals surface area contributed by atoms with Gasteiger partial charge in [0, 0.05) is 6.20 Å². The van der Waals surface area contributed by atoms with E-state index in [0.717, 1.165) is 17.0 Å². The average molecular weight is 292 g/mol. The largest absolute Gasteiger partial charge is 0.326 e. The van der Waals surface area contributed by atoms with Crippen molar-refractivity contribution in [1.29, 1.82) is 0 Å². The Balaban J connectivity index is 2.32. The smallest absolute Gasteiger partial charge is 0.319 e. The normalized spacial score (nSPS) is 13.1. The number of benzene rings is 1. The summed E-state index contributed by atoms with van der Waals surface area (Å²) in [6, 6.07) is 6.69. The molecule has 0 saturated carbocycles. The summed E-state index contributed by atoms with van der Waals surface area (Å²) in [5.41, 5.74) is 0.515. The molecule has 2 aromatic rings. The molecule has 0 aliphatic carbocycles. The van der Waals surface area contributed by atoms with Crippen molar-refractivity contribution in [2.75, 3.05) is 10.2 Å². The number of nitrogens with zero attached hydrogens (tertiary/aromatic N) is 2. The van der Waals surface area contributed by atoms with Gasteiger partial charge in [-0.2, -0.15) is 0 Å². The van der Waals surface area contributed by atoms with Gasteiger partial charge in [-0.1, -0.05) is 0 Å². The number of amides is 2. The van der Waals surface area contributed by atoms with E-state index in [1.165, 1.54) is 12.3 Å². The third kappa shape index (κ3) is 1.90. The Morgan fingerprint density at radius 1 is 1.35 bits per heavy atom. The molecule has 1 aliphatic rings. The zero-order valence-electron chi connectivity index (χ0n) is 9.93. The maximum absolute atomic E-state index is 13.3. The standard InChI is InChI=1S/C13H7ClFN3O2/c14-13(20)18-10-4-3-7(15)6-8(10)12(19)17-9-2-1-5-16-11(9)18/h1-6H,(H,17,19). The van der Waals surface area contributed by atoms with Crippen LogP contribution in [-0.4, -0.2) is 16.3 Å². The molecule has 0 unspecified atom stereocenters. The monoisotopic (exact) mass is 291 g/mol. The zero-order valence-corrected chi connectivity index (χ0v) is 10.7. The number of carbonyl (C=O) groups excluding carboxylic acids is 2. The van der Waals surface area contributed by atoms with Crippen LogP contribution in [0.3, 0.4) is 0 Å². The highest BCUT2D eigenvalue weighted by Crippen LogP contribution is 2.37. The van der Waals surface area contributed by atoms with Crippen LogP contribution in [0.5, 0.6) is 0 Å². The molecule has 3 rings (SSSR count). The molecule has 1 aromatic carbocycles. The number of hydrogen-bond acceptors (Lipinski definition) is 3. The van der Waals surface area contributed by atoms with Crippen molar-refractivity contribution >= 4 is 40.1 Å². The lowest BCUT2D eigenvalue weighted by molar-refractivity contribution is 0.102. The van der Waals surface area contributed by atoms with E-state index in [2.05, 4.69) is 10.3 Å². The number of nitrogens with one attached hydrogen (secondary N) is 1. The minimum absolute atomic E-state index is 0.0111. The summed E-state index contributed by atoms with van der Waals surface area (Å²) >= 11 is 5.59. The number of rotatable bonds is 0. The Kier molecular flexibility index (Phi) is 2.87. The molecular weight excluding hydrogens is 285 g/mol. The van der Waals surface area contributed by atoms with E-state index in [4.69, 9.17) is 11.6 Å². The van der Waals surface area contributed by atoms with Gasteiger partial charge in [-0.05, 0) is 41.9 Å². The predicted molar refractivity (Wildman–Crippen MR) is 72.0 cm³/mol. The maximum atomic E-state index is 13.3. The summed E-state index contributed by atoms with van der Waals surface area (Å²) in [6.07, 6.45) is 1.46. The molecular formula is C13H7ClFN3O2. The number of fused-ring (bicyclic) bond motifs is 2. The first kappa shape index (κ1) is 12.6. The lowest BCUT2D eigenvalue weighted by Gasteiger charge is -2.19. The molecule has 1 N–H and O–H groups in total. The molecule has 0 radical (unpaired) electrons. The minimum Gasteiger partial charge on any atom is -0.319 e. The Bertz CT molecular complexity index is 735. The van der Waals surface area contributed by atoms with E-state index >= 15 is 0 Å². The predicted octanol–water partition coefficient (Wildman–Crippen LogP) is 3.28. The van der Waals surface area contributed by atoms with Gasteiger partial charge in [0.15, 0.2) is 5.82 Å². The quantitative estimate of drug-likeness (QED) is 0.598. The van der Waals surface area contributed by atoms with Crippen molar-refractivity contribution in [3.63, 3.8) is 0 Å². The maximum Gasteiger partial charge on any atom is 0.326 e. The van der Waals surface area contributed by atoms with Gasteiger partial charge >= 0.3 is 5.37 Å². The van der Waals surface area contributed by atoms with E-state index in [9.17, 15) is 14.0 Å². The van der Waals surface area contributed by atoms with Gasteiger partial charge in [0.05, 0.1) is 16.9 Å². The van der Waals surface area contributed by atoms with Crippen LogP contribution in [0.4, 0.5) is 26.4 Å². The molecule has 0 bridgehead atoms. The van der Waals surface area contributed by atoms with Crippen molar-refractivity contribution in [3.8, 4) is 0 Å². The lowest BCUT2D eigenvalue weighted by Crippen LogP contribution is -2.21. The molecule has 100 valence electrons. The Morgan fingerprint density at radius 3 is 2.90 bits per heavy atom. The van der Waals surface area contributed by atoms with Crippen molar-refractivity contribution in [3.05, 3.63) is 47.9 Å². The third-order valence-electron chi connectivity index (χ3n) is 2.87. The summed E-state index contributed by atoms with van der Waals surface area (Å²) < 4.78 is 13.3. The fraction of sp³-hybridized carbons (Fsp3) is 0. The molecule has 0 spiro atoms. The van der Waals surface area contributed by atoms with Crippen LogP contribution in [0.15, 0.2) is 36.5 Å². The SMILES string of the molecule is O=C1Nc2cccnc2N(C(=O)Cl)c2ccc(F)cc21. The van der Waals surface area contributed by atoms with Gasteiger partial charge in [-0.15, -0.1) is 0 Å². The number of anilines is 3. The van der Waals surface area contributed by atoms with Gasteiger partial charge < -0.3 is 5.32 Å². The average Bonchev–Trinajstić information content (AvgIpc) is 2.53. The van der Waals surface area contributed by atoms with Gasteiger partial charge in [-0.3, -0.25) is 9.59 Å². The topological polar surface area (TPSA) is 62.3 Å². The van der Waals surface area contributed by atoms with Crippen LogP contribution >= 0.6 is 11.6 Å². The number of pyridine rings is 1. The van der Waals surface area contributed by atoms with Crippen LogP contribution in [0, 0.1) is 5.82 Å². The zero-order chi connectivity index (χ0) is 14.3. The number of halogens is 2. The molecule has 5 nitrogen and oxygen atoms in total. The first-order valence-electron chi connectivity index (χ1n) is 5.63. The highest BCUT2D eigenvalue weighted by molar-refractivity contribution is 6.67. The molecule has 7 heteroatoms. The van der Waals surface area contributed by atoms with Crippen molar-refractivity contribution in [1.82, 2.24) is 4.98 Å². The minimum atomic E-state index is -0.839. The van der Waals surface area contributed by atoms with Gasteiger partial charge in [0.2, 0.25) is 0 Å². The van der Waals surface area contributed by atoms with Crippen LogP contribution in [0.25, 0.3) is 0 Å². The third-order valence-corrected chi connectivity index (χ3v) is 3.04. The fourth-order valence-electron chi connectivity index (χ4n) is 2.04. The molecule has 0 fully saturated rings. The summed E-state index contributed by atoms with van der Waals surface area (Å²) in [4.78, 5) is 28.9. The molecule has 0 atom stereocenters. The molecule has 20 heavy (non-hydrogen) atoms. The van der Waals surface area contributed by atoms with E-state index in [0.29, 0.717) is 5.69 Å². The Morgan fingerprint density at radius 2 is 2.15 bits per heavy atom. The van der Waals surface area contributed by atoms with E-state index in [1.807, 2.05) is 0 Å². The molecule has 2 amide bonds. The van der Waals surface area contributed by atoms with E-state index in [1.54, 1.807) is 12.1 Å². The lowest BCUT2D eigenvalue weighted by atomic mass is 10.1.